The van der Waals surface area contributed by atoms with Crippen LogP contribution in [0.5, 0.6) is 5.75 Å². The quantitative estimate of drug-likeness (QED) is 0.0751. The Morgan fingerprint density at radius 1 is 0.518 bits per heavy atom. The van der Waals surface area contributed by atoms with Crippen LogP contribution in [0.2, 0.25) is 0 Å². The summed E-state index contributed by atoms with van der Waals surface area (Å²) in [6.07, 6.45) is -20.3. The van der Waals surface area contributed by atoms with Crippen molar-refractivity contribution in [2.24, 2.45) is 29.6 Å². The number of nitrogens with zero attached hydrogens (tertiary/aromatic N) is 5. The maximum atomic E-state index is 12.9. The summed E-state index contributed by atoms with van der Waals surface area (Å²) in [4.78, 5) is 19.8. The molecule has 0 unspecified atom stereocenters. The predicted octanol–water partition coefficient (Wildman–Crippen LogP) is 3.95. The molecule has 0 aromatic heterocycles. The molecule has 27 heteroatoms. The number of alkyl halides is 10. The summed E-state index contributed by atoms with van der Waals surface area (Å²) in [6, 6.07) is 15.2. The van der Waals surface area contributed by atoms with Crippen LogP contribution in [-0.2, 0) is 17.9 Å². The molecule has 5 aliphatic heterocycles. The predicted molar refractivity (Wildman–Crippen MR) is 296 cm³/mol. The Morgan fingerprint density at radius 2 is 0.894 bits per heavy atom. The third-order valence-corrected chi connectivity index (χ3v) is 15.7. The number of carbonyl (C=O) groups excluding carboxylic acids is 1. The number of hydrogen-bond donors (Lipinski definition) is 10. The molecule has 2 aromatic rings. The number of rotatable bonds is 18. The first kappa shape index (κ1) is 75.4. The summed E-state index contributed by atoms with van der Waals surface area (Å²) in [7, 11) is 1.56. The number of aryl methyl sites for hydroxylation is 1. The van der Waals surface area contributed by atoms with E-state index in [-0.39, 0.29) is 64.8 Å². The number of aliphatic hydroxyl groups excluding tert-OH is 10. The number of β-amino-alcohol motifs (C(OH)–C–C–N with tert-alkyl or cyclic N) is 5. The van der Waals surface area contributed by atoms with Gasteiger partial charge in [0.15, 0.2) is 0 Å². The summed E-state index contributed by atoms with van der Waals surface area (Å²) >= 11 is 0. The van der Waals surface area contributed by atoms with Crippen LogP contribution in [0, 0.1) is 36.5 Å². The molecule has 10 N–H and O–H groups in total. The average molecular weight is 1240 g/mol. The van der Waals surface area contributed by atoms with E-state index in [4.69, 9.17) is 4.74 Å². The van der Waals surface area contributed by atoms with Crippen molar-refractivity contribution >= 4 is 5.91 Å². The molecule has 1 amide bonds. The van der Waals surface area contributed by atoms with Crippen molar-refractivity contribution in [3.63, 3.8) is 0 Å². The molecule has 0 spiro atoms. The van der Waals surface area contributed by atoms with Gasteiger partial charge < -0.3 is 65.6 Å². The van der Waals surface area contributed by atoms with Crippen LogP contribution in [0.15, 0.2) is 61.2 Å². The molecule has 85 heavy (non-hydrogen) atoms. The SMILES string of the molecule is C=CCN1C[C@@H](O)[C@H](O)[C@@H](C(F)F)C1.CCCCC(=O)N1C[C@@H](O)[C@H](O)[C@@H](C(F)F)C1.CCCCN1C[C@@H](O)[C@H](O)[C@@H](C(F)F)C1.COc1cccc(CN2C[C@@H](O)[C@H](O)[C@@H](C(F)F)C2)c1.Cc1ccc(CN2C[C@@H](O)[C@H](O)[C@@H](C(F)F)C2)cc1. The molecule has 7 rings (SSSR count). The minimum Gasteiger partial charge on any atom is -0.497 e. The van der Waals surface area contributed by atoms with Gasteiger partial charge in [0.25, 0.3) is 0 Å². The first-order valence-electron chi connectivity index (χ1n) is 28.7. The monoisotopic (exact) mass is 1240 g/mol. The number of ether oxygens (including phenoxy) is 1. The molecule has 5 aliphatic rings. The van der Waals surface area contributed by atoms with Gasteiger partial charge in [-0.1, -0.05) is 74.7 Å². The fourth-order valence-corrected chi connectivity index (χ4v) is 10.6. The highest BCUT2D eigenvalue weighted by Crippen LogP contribution is 2.29. The molecule has 5 fully saturated rings. The Morgan fingerprint density at radius 3 is 1.31 bits per heavy atom. The van der Waals surface area contributed by atoms with E-state index in [1.54, 1.807) is 38.9 Å². The minimum absolute atomic E-state index is 0.0626. The van der Waals surface area contributed by atoms with Crippen LogP contribution >= 0.6 is 0 Å². The van der Waals surface area contributed by atoms with Crippen LogP contribution in [0.3, 0.4) is 0 Å². The maximum absolute atomic E-state index is 12.9. The number of likely N-dealkylation sites (tertiary alicyclic amines) is 5. The second-order valence-electron chi connectivity index (χ2n) is 22.5. The average Bonchev–Trinajstić information content (AvgIpc) is 3.47. The fraction of sp³-hybridized carbons (Fsp3) is 0.741. The first-order valence-corrected chi connectivity index (χ1v) is 28.7. The number of hydrogen-bond acceptors (Lipinski definition) is 16. The van der Waals surface area contributed by atoms with E-state index in [9.17, 15) is 99.8 Å². The fourth-order valence-electron chi connectivity index (χ4n) is 10.6. The molecule has 15 atom stereocenters. The van der Waals surface area contributed by atoms with Crippen LogP contribution in [0.1, 0.15) is 62.6 Å². The van der Waals surface area contributed by atoms with Crippen molar-refractivity contribution in [3.05, 3.63) is 77.9 Å². The molecule has 5 heterocycles. The number of aliphatic hydroxyl groups is 10. The second kappa shape index (κ2) is 37.9. The maximum Gasteiger partial charge on any atom is 0.245 e. The molecular formula is C58H91F10N5O12. The van der Waals surface area contributed by atoms with E-state index < -0.39 is 123 Å². The van der Waals surface area contributed by atoms with E-state index in [1.807, 2.05) is 63.2 Å². The normalized spacial score (nSPS) is 30.6. The van der Waals surface area contributed by atoms with Gasteiger partial charge in [0.2, 0.25) is 38.0 Å². The number of carbonyl (C=O) groups is 1. The van der Waals surface area contributed by atoms with Gasteiger partial charge in [-0.05, 0) is 49.6 Å². The van der Waals surface area contributed by atoms with Gasteiger partial charge in [0.1, 0.15) is 5.75 Å². The topological polar surface area (TPSA) is 245 Å². The standard InChI is InChI=1S/C14H19F2NO3.C14H19F2NO2.C11H19F2NO3.C10H19F2NO2.C9H15F2NO2/c1-20-10-4-2-3-9(5-10)6-17-7-11(14(15)16)13(19)12(18)8-17;1-9-2-4-10(5-3-9)6-17-7-11(14(15)16)13(19)12(18)8-17;1-2-3-4-9(16)14-5-7(11(12)13)10(17)8(15)6-14;1-2-3-4-13-5-7(10(11)12)9(15)8(14)6-13;1-2-3-12-4-6(9(10)11)8(14)7(13)5-12/h2-5,11-14,18-19H,6-8H2,1H3;2-5,11-14,18-19H,6-8H2,1H3;7-8,10-11,15,17H,2-6H2,1H3;7-10,14-15H,2-6H2,1H3;2,6-9,13-14H,1,3-5H2/t2*11-,12+,13+;7-,8+,10+;7-,8+,9+;6-,7+,8+/m00000/s1. The van der Waals surface area contributed by atoms with E-state index >= 15 is 0 Å². The van der Waals surface area contributed by atoms with E-state index in [2.05, 4.69) is 6.58 Å². The highest BCUT2D eigenvalue weighted by molar-refractivity contribution is 5.76. The van der Waals surface area contributed by atoms with Gasteiger partial charge in [-0.3, -0.25) is 19.5 Å². The zero-order valence-corrected chi connectivity index (χ0v) is 48.7. The number of halogens is 10. The molecule has 2 aromatic carbocycles. The Balaban J connectivity index is 0.000000280. The minimum atomic E-state index is -2.73. The number of unbranched alkanes of at least 4 members (excludes halogenated alkanes) is 2. The van der Waals surface area contributed by atoms with Crippen molar-refractivity contribution in [1.29, 1.82) is 0 Å². The zero-order chi connectivity index (χ0) is 63.8. The number of piperidine rings is 5. The summed E-state index contributed by atoms with van der Waals surface area (Å²) in [5, 5.41) is 94.9. The molecule has 17 nitrogen and oxygen atoms in total. The molecular weight excluding hydrogens is 1150 g/mol. The summed E-state index contributed by atoms with van der Waals surface area (Å²) in [5.74, 6) is -5.58. The lowest BCUT2D eigenvalue weighted by Gasteiger charge is -2.39. The van der Waals surface area contributed by atoms with Crippen molar-refractivity contribution in [2.45, 2.75) is 159 Å². The molecule has 5 saturated heterocycles. The molecule has 0 bridgehead atoms. The van der Waals surface area contributed by atoms with Crippen LogP contribution in [0.4, 0.5) is 43.9 Å². The van der Waals surface area contributed by atoms with Gasteiger partial charge in [-0.2, -0.15) is 0 Å². The van der Waals surface area contributed by atoms with Gasteiger partial charge in [0.05, 0.1) is 97.7 Å². The zero-order valence-electron chi connectivity index (χ0n) is 48.7. The van der Waals surface area contributed by atoms with Gasteiger partial charge in [-0.15, -0.1) is 6.58 Å². The lowest BCUT2D eigenvalue weighted by atomic mass is 9.92. The second-order valence-corrected chi connectivity index (χ2v) is 22.5. The van der Waals surface area contributed by atoms with E-state index in [0.717, 1.165) is 36.0 Å². The highest BCUT2D eigenvalue weighted by Gasteiger charge is 2.44. The van der Waals surface area contributed by atoms with E-state index in [1.165, 1.54) is 4.90 Å². The van der Waals surface area contributed by atoms with Crippen molar-refractivity contribution in [1.82, 2.24) is 24.5 Å². The smallest absolute Gasteiger partial charge is 0.245 e. The Labute approximate surface area is 491 Å². The lowest BCUT2D eigenvalue weighted by Crippen LogP contribution is -2.56. The summed E-state index contributed by atoms with van der Waals surface area (Å²) in [5.41, 5.74) is 3.08. The van der Waals surface area contributed by atoms with Crippen LogP contribution in [-0.4, -0.2) is 260 Å². The Bertz CT molecular complexity index is 2180. The molecule has 490 valence electrons. The van der Waals surface area contributed by atoms with Crippen molar-refractivity contribution in [3.8, 4) is 5.75 Å². The van der Waals surface area contributed by atoms with E-state index in [0.29, 0.717) is 51.3 Å². The third-order valence-electron chi connectivity index (χ3n) is 15.7. The lowest BCUT2D eigenvalue weighted by molar-refractivity contribution is -0.150. The van der Waals surface area contributed by atoms with Gasteiger partial charge in [0, 0.05) is 91.5 Å². The Hall–Kier alpha value is -3.81. The molecule has 0 aliphatic carbocycles. The van der Waals surface area contributed by atoms with Gasteiger partial charge in [-0.25, -0.2) is 43.9 Å². The van der Waals surface area contributed by atoms with Crippen molar-refractivity contribution < 1.29 is 105 Å². The third kappa shape index (κ3) is 24.6. The summed E-state index contributed by atoms with van der Waals surface area (Å²) in [6.45, 7) is 12.7. The molecule has 0 saturated carbocycles. The number of benzene rings is 2. The van der Waals surface area contributed by atoms with Crippen molar-refractivity contribution in [2.75, 3.05) is 85.6 Å². The van der Waals surface area contributed by atoms with Crippen LogP contribution < -0.4 is 4.74 Å². The highest BCUT2D eigenvalue weighted by atomic mass is 19.3. The number of methoxy groups -OCH3 is 1. The first-order chi connectivity index (χ1) is 40.1. The summed E-state index contributed by atoms with van der Waals surface area (Å²) < 4.78 is 132. The van der Waals surface area contributed by atoms with Crippen LogP contribution in [0.25, 0.3) is 0 Å². The number of amides is 1. The molecule has 0 radical (unpaired) electrons. The van der Waals surface area contributed by atoms with Gasteiger partial charge >= 0.3 is 0 Å². The Kier molecular flexibility index (Phi) is 33.6. The largest absolute Gasteiger partial charge is 0.497 e.